The molecule has 0 radical (unpaired) electrons. The molecule has 0 aliphatic carbocycles. The van der Waals surface area contributed by atoms with Crippen molar-refractivity contribution < 1.29 is 9.72 Å². The van der Waals surface area contributed by atoms with Crippen molar-refractivity contribution in [3.05, 3.63) is 39.4 Å². The topological polar surface area (TPSA) is 72.2 Å². The molecule has 1 aromatic rings. The molecule has 1 heterocycles. The SMILES string of the molecule is Cc1c(CC2CCCNC2=O)cccc1[N+](=O)[O-]. The van der Waals surface area contributed by atoms with E-state index in [0.29, 0.717) is 12.0 Å². The Morgan fingerprint density at radius 3 is 2.94 bits per heavy atom. The molecule has 0 aromatic heterocycles. The van der Waals surface area contributed by atoms with Crippen LogP contribution in [0.5, 0.6) is 0 Å². The summed E-state index contributed by atoms with van der Waals surface area (Å²) in [5.74, 6) is 0.00612. The average molecular weight is 248 g/mol. The predicted octanol–water partition coefficient (Wildman–Crippen LogP) is 1.97. The van der Waals surface area contributed by atoms with E-state index in [1.807, 2.05) is 6.07 Å². The van der Waals surface area contributed by atoms with Crippen LogP contribution in [0.2, 0.25) is 0 Å². The number of nitro groups is 1. The van der Waals surface area contributed by atoms with Crippen LogP contribution in [-0.4, -0.2) is 17.4 Å². The Morgan fingerprint density at radius 1 is 1.50 bits per heavy atom. The summed E-state index contributed by atoms with van der Waals surface area (Å²) < 4.78 is 0. The molecule has 0 spiro atoms. The smallest absolute Gasteiger partial charge is 0.272 e. The normalized spacial score (nSPS) is 19.4. The minimum atomic E-state index is -0.375. The van der Waals surface area contributed by atoms with Gasteiger partial charge in [0.1, 0.15) is 0 Å². The molecule has 1 amide bonds. The van der Waals surface area contributed by atoms with Crippen molar-refractivity contribution in [1.82, 2.24) is 5.32 Å². The average Bonchev–Trinajstić information content (AvgIpc) is 2.34. The van der Waals surface area contributed by atoms with Gasteiger partial charge in [-0.15, -0.1) is 0 Å². The zero-order valence-corrected chi connectivity index (χ0v) is 10.3. The van der Waals surface area contributed by atoms with Gasteiger partial charge < -0.3 is 5.32 Å². The Kier molecular flexibility index (Phi) is 3.60. The third kappa shape index (κ3) is 2.50. The van der Waals surface area contributed by atoms with E-state index in [1.54, 1.807) is 13.0 Å². The van der Waals surface area contributed by atoms with Crippen LogP contribution in [0.25, 0.3) is 0 Å². The maximum Gasteiger partial charge on any atom is 0.272 e. The van der Waals surface area contributed by atoms with Gasteiger partial charge in [0.15, 0.2) is 0 Å². The highest BCUT2D eigenvalue weighted by atomic mass is 16.6. The third-order valence-corrected chi connectivity index (χ3v) is 3.48. The van der Waals surface area contributed by atoms with Crippen LogP contribution in [-0.2, 0) is 11.2 Å². The van der Waals surface area contributed by atoms with E-state index in [-0.39, 0.29) is 22.4 Å². The van der Waals surface area contributed by atoms with Gasteiger partial charge in [0.25, 0.3) is 5.69 Å². The van der Waals surface area contributed by atoms with Crippen LogP contribution in [0.3, 0.4) is 0 Å². The van der Waals surface area contributed by atoms with Gasteiger partial charge in [-0.3, -0.25) is 14.9 Å². The zero-order valence-electron chi connectivity index (χ0n) is 10.3. The molecule has 5 nitrogen and oxygen atoms in total. The summed E-state index contributed by atoms with van der Waals surface area (Å²) >= 11 is 0. The van der Waals surface area contributed by atoms with E-state index in [9.17, 15) is 14.9 Å². The first-order chi connectivity index (χ1) is 8.59. The lowest BCUT2D eigenvalue weighted by Gasteiger charge is -2.22. The first kappa shape index (κ1) is 12.5. The van der Waals surface area contributed by atoms with Crippen LogP contribution in [0.1, 0.15) is 24.0 Å². The van der Waals surface area contributed by atoms with Crippen LogP contribution >= 0.6 is 0 Å². The van der Waals surface area contributed by atoms with Crippen LogP contribution in [0.4, 0.5) is 5.69 Å². The summed E-state index contributed by atoms with van der Waals surface area (Å²) in [6.07, 6.45) is 2.41. The highest BCUT2D eigenvalue weighted by molar-refractivity contribution is 5.79. The second-order valence-corrected chi connectivity index (χ2v) is 4.65. The highest BCUT2D eigenvalue weighted by Crippen LogP contribution is 2.25. The quantitative estimate of drug-likeness (QED) is 0.656. The molecule has 1 saturated heterocycles. The maximum atomic E-state index is 11.7. The monoisotopic (exact) mass is 248 g/mol. The van der Waals surface area contributed by atoms with E-state index < -0.39 is 0 Å². The van der Waals surface area contributed by atoms with Crippen LogP contribution in [0, 0.1) is 23.0 Å². The van der Waals surface area contributed by atoms with Crippen molar-refractivity contribution in [2.45, 2.75) is 26.2 Å². The Labute approximate surface area is 105 Å². The number of amides is 1. The number of carbonyl (C=O) groups is 1. The second-order valence-electron chi connectivity index (χ2n) is 4.65. The number of nitrogens with zero attached hydrogens (tertiary/aromatic N) is 1. The number of hydrogen-bond acceptors (Lipinski definition) is 3. The van der Waals surface area contributed by atoms with Gasteiger partial charge >= 0.3 is 0 Å². The molecule has 5 heteroatoms. The van der Waals surface area contributed by atoms with Crippen molar-refractivity contribution >= 4 is 11.6 Å². The zero-order chi connectivity index (χ0) is 13.1. The van der Waals surface area contributed by atoms with E-state index >= 15 is 0 Å². The number of piperidine rings is 1. The Morgan fingerprint density at radius 2 is 2.28 bits per heavy atom. The molecule has 1 fully saturated rings. The fourth-order valence-corrected chi connectivity index (χ4v) is 2.38. The van der Waals surface area contributed by atoms with Crippen molar-refractivity contribution in [1.29, 1.82) is 0 Å². The molecule has 1 aromatic carbocycles. The molecule has 96 valence electrons. The van der Waals surface area contributed by atoms with Crippen molar-refractivity contribution in [3.63, 3.8) is 0 Å². The lowest BCUT2D eigenvalue weighted by Crippen LogP contribution is -2.37. The Bertz CT molecular complexity index is 485. The number of nitrogens with one attached hydrogen (secondary N) is 1. The summed E-state index contributed by atoms with van der Waals surface area (Å²) in [5, 5.41) is 13.7. The minimum absolute atomic E-state index is 0.0561. The van der Waals surface area contributed by atoms with E-state index in [4.69, 9.17) is 0 Å². The van der Waals surface area contributed by atoms with Crippen LogP contribution in [0.15, 0.2) is 18.2 Å². The lowest BCUT2D eigenvalue weighted by atomic mass is 9.89. The first-order valence-corrected chi connectivity index (χ1v) is 6.10. The van der Waals surface area contributed by atoms with E-state index in [1.165, 1.54) is 6.07 Å². The number of benzene rings is 1. The highest BCUT2D eigenvalue weighted by Gasteiger charge is 2.24. The summed E-state index contributed by atoms with van der Waals surface area (Å²) in [5.41, 5.74) is 1.69. The number of rotatable bonds is 3. The molecule has 0 saturated carbocycles. The molecule has 1 N–H and O–H groups in total. The molecule has 18 heavy (non-hydrogen) atoms. The molecule has 1 atom stereocenters. The molecule has 1 unspecified atom stereocenters. The van der Waals surface area contributed by atoms with E-state index in [0.717, 1.165) is 24.9 Å². The van der Waals surface area contributed by atoms with Gasteiger partial charge in [-0.25, -0.2) is 0 Å². The Hall–Kier alpha value is -1.91. The molecule has 2 rings (SSSR count). The van der Waals surface area contributed by atoms with Crippen molar-refractivity contribution in [3.8, 4) is 0 Å². The number of carbonyl (C=O) groups excluding carboxylic acids is 1. The van der Waals surface area contributed by atoms with Crippen LogP contribution < -0.4 is 5.32 Å². The van der Waals surface area contributed by atoms with Gasteiger partial charge in [0.2, 0.25) is 5.91 Å². The lowest BCUT2D eigenvalue weighted by molar-refractivity contribution is -0.385. The molecule has 1 aliphatic heterocycles. The molecular formula is C13H16N2O3. The van der Waals surface area contributed by atoms with Gasteiger partial charge in [0, 0.05) is 24.1 Å². The standard InChI is InChI=1S/C13H16N2O3/c1-9-10(4-2-6-12(9)15(17)18)8-11-5-3-7-14-13(11)16/h2,4,6,11H,3,5,7-8H2,1H3,(H,14,16). The fraction of sp³-hybridized carbons (Fsp3) is 0.462. The fourth-order valence-electron chi connectivity index (χ4n) is 2.38. The summed E-state index contributed by atoms with van der Waals surface area (Å²) in [6.45, 7) is 2.48. The molecule has 0 bridgehead atoms. The summed E-state index contributed by atoms with van der Waals surface area (Å²) in [7, 11) is 0. The van der Waals surface area contributed by atoms with Gasteiger partial charge in [-0.1, -0.05) is 12.1 Å². The predicted molar refractivity (Wildman–Crippen MR) is 67.3 cm³/mol. The molecular weight excluding hydrogens is 232 g/mol. The van der Waals surface area contributed by atoms with Gasteiger partial charge in [0.05, 0.1) is 4.92 Å². The summed E-state index contributed by atoms with van der Waals surface area (Å²) in [4.78, 5) is 22.2. The molecule has 1 aliphatic rings. The van der Waals surface area contributed by atoms with Gasteiger partial charge in [-0.2, -0.15) is 0 Å². The van der Waals surface area contributed by atoms with Crippen molar-refractivity contribution in [2.24, 2.45) is 5.92 Å². The Balaban J connectivity index is 2.21. The number of nitro benzene ring substituents is 1. The van der Waals surface area contributed by atoms with Crippen molar-refractivity contribution in [2.75, 3.05) is 6.54 Å². The minimum Gasteiger partial charge on any atom is -0.356 e. The third-order valence-electron chi connectivity index (χ3n) is 3.48. The number of hydrogen-bond donors (Lipinski definition) is 1. The second kappa shape index (κ2) is 5.16. The largest absolute Gasteiger partial charge is 0.356 e. The first-order valence-electron chi connectivity index (χ1n) is 6.10. The van der Waals surface area contributed by atoms with Gasteiger partial charge in [-0.05, 0) is 31.7 Å². The maximum absolute atomic E-state index is 11.7. The summed E-state index contributed by atoms with van der Waals surface area (Å²) in [6, 6.07) is 5.05. The van der Waals surface area contributed by atoms with E-state index in [2.05, 4.69) is 5.32 Å².